The first-order valence-electron chi connectivity index (χ1n) is 7.74. The van der Waals surface area contributed by atoms with Gasteiger partial charge in [0.1, 0.15) is 0 Å². The predicted octanol–water partition coefficient (Wildman–Crippen LogP) is 5.54. The van der Waals surface area contributed by atoms with Gasteiger partial charge in [-0.25, -0.2) is 0 Å². The molecule has 0 aliphatic rings. The van der Waals surface area contributed by atoms with E-state index in [0.717, 1.165) is 6.61 Å². The van der Waals surface area contributed by atoms with Crippen LogP contribution in [0.25, 0.3) is 0 Å². The molecule has 18 heavy (non-hydrogen) atoms. The molecule has 0 heterocycles. The maximum absolute atomic E-state index is 5.68. The molecule has 0 aliphatic carbocycles. The summed E-state index contributed by atoms with van der Waals surface area (Å²) in [6, 6.07) is 0. The van der Waals surface area contributed by atoms with Crippen molar-refractivity contribution in [2.24, 2.45) is 0 Å². The molecule has 0 N–H and O–H groups in total. The van der Waals surface area contributed by atoms with Gasteiger partial charge in [-0.2, -0.15) is 0 Å². The van der Waals surface area contributed by atoms with E-state index in [0.29, 0.717) is 3.43 Å². The van der Waals surface area contributed by atoms with Crippen LogP contribution in [0.5, 0.6) is 0 Å². The van der Waals surface area contributed by atoms with E-state index in [1.807, 2.05) is 0 Å². The summed E-state index contributed by atoms with van der Waals surface area (Å²) in [6.45, 7) is 14.0. The first-order valence-corrected chi connectivity index (χ1v) is 10.6. The van der Waals surface area contributed by atoms with Crippen LogP contribution in [-0.2, 0) is 4.74 Å². The molecule has 0 saturated carbocycles. The van der Waals surface area contributed by atoms with Gasteiger partial charge in [0.25, 0.3) is 0 Å². The van der Waals surface area contributed by atoms with E-state index in [2.05, 4.69) is 34.3 Å². The van der Waals surface area contributed by atoms with Crippen molar-refractivity contribution in [2.75, 3.05) is 6.61 Å². The second kappa shape index (κ2) is 11.2. The summed E-state index contributed by atoms with van der Waals surface area (Å²) in [6.07, 6.45) is 10.9. The molecule has 0 fully saturated rings. The van der Waals surface area contributed by atoms with Crippen LogP contribution in [0, 0.1) is 0 Å². The van der Waals surface area contributed by atoms with Crippen molar-refractivity contribution >= 4 is 21.1 Å². The Morgan fingerprint density at radius 2 is 1.50 bits per heavy atom. The number of hydrogen-bond acceptors (Lipinski definition) is 1. The zero-order chi connectivity index (χ0) is 13.9. The zero-order valence-corrected chi connectivity index (χ0v) is 15.8. The van der Waals surface area contributed by atoms with E-state index >= 15 is 0 Å². The molecule has 0 aromatic carbocycles. The monoisotopic (exact) mass is 360 g/mol. The fraction of sp³-hybridized carbons (Fsp3) is 0.875. The number of ether oxygens (including phenoxy) is 1. The molecular weight excluding hydrogens is 327 g/mol. The Morgan fingerprint density at radius 3 is 1.89 bits per heavy atom. The van der Waals surface area contributed by atoms with Crippen molar-refractivity contribution in [1.29, 1.82) is 0 Å². The first kappa shape index (κ1) is 18.3. The summed E-state index contributed by atoms with van der Waals surface area (Å²) >= 11 is -0.650. The van der Waals surface area contributed by atoms with Crippen LogP contribution in [0.2, 0.25) is 3.43 Å². The Kier molecular flexibility index (Phi) is 11.4. The summed E-state index contributed by atoms with van der Waals surface area (Å²) in [7, 11) is 0. The van der Waals surface area contributed by atoms with Gasteiger partial charge in [0.2, 0.25) is 0 Å². The maximum atomic E-state index is 5.68. The van der Waals surface area contributed by atoms with Crippen molar-refractivity contribution in [3.05, 3.63) is 10.4 Å². The number of hydrogen-bond donors (Lipinski definition) is 0. The van der Waals surface area contributed by atoms with Crippen molar-refractivity contribution in [3.63, 3.8) is 0 Å². The fourth-order valence-corrected chi connectivity index (χ4v) is 7.68. The van der Waals surface area contributed by atoms with Gasteiger partial charge in [0.15, 0.2) is 0 Å². The van der Waals surface area contributed by atoms with Crippen molar-refractivity contribution in [1.82, 2.24) is 0 Å². The topological polar surface area (TPSA) is 9.23 Å². The van der Waals surface area contributed by atoms with Crippen LogP contribution in [0.3, 0.4) is 0 Å². The first-order chi connectivity index (χ1) is 8.64. The fourth-order valence-electron chi connectivity index (χ4n) is 2.58. The molecule has 0 aromatic rings. The third kappa shape index (κ3) is 7.70. The summed E-state index contributed by atoms with van der Waals surface area (Å²) in [4.78, 5) is 0. The average molecular weight is 359 g/mol. The minimum atomic E-state index is -0.650. The van der Waals surface area contributed by atoms with Gasteiger partial charge in [-0.3, -0.25) is 0 Å². The van der Waals surface area contributed by atoms with Crippen LogP contribution < -0.4 is 0 Å². The Bertz CT molecular complexity index is 205. The predicted molar refractivity (Wildman–Crippen MR) is 83.2 cm³/mol. The molecule has 0 atom stereocenters. The van der Waals surface area contributed by atoms with E-state index in [9.17, 15) is 0 Å². The number of rotatable bonds is 12. The average Bonchev–Trinajstić information content (AvgIpc) is 2.34. The van der Waals surface area contributed by atoms with Gasteiger partial charge < -0.3 is 0 Å². The SMILES string of the molecule is C=[C](OCC)[Sn][C](CCC)(CCCC)CCCC. The van der Waals surface area contributed by atoms with Crippen molar-refractivity contribution in [2.45, 2.75) is 82.5 Å². The molecule has 0 spiro atoms. The molecule has 1 nitrogen and oxygen atoms in total. The molecule has 0 aromatic heterocycles. The van der Waals surface area contributed by atoms with Gasteiger partial charge in [-0.15, -0.1) is 0 Å². The molecule has 0 rings (SSSR count). The Balaban J connectivity index is 4.62. The quantitative estimate of drug-likeness (QED) is 0.329. The molecule has 106 valence electrons. The van der Waals surface area contributed by atoms with E-state index in [4.69, 9.17) is 4.74 Å². The molecule has 0 saturated heterocycles. The van der Waals surface area contributed by atoms with Crippen LogP contribution in [0.15, 0.2) is 10.4 Å². The van der Waals surface area contributed by atoms with E-state index < -0.39 is 21.1 Å². The van der Waals surface area contributed by atoms with Crippen LogP contribution in [-0.4, -0.2) is 27.7 Å². The molecule has 0 unspecified atom stereocenters. The van der Waals surface area contributed by atoms with Gasteiger partial charge in [-0.05, 0) is 0 Å². The summed E-state index contributed by atoms with van der Waals surface area (Å²) in [5.41, 5.74) is 0. The van der Waals surface area contributed by atoms with Crippen LogP contribution in [0.4, 0.5) is 0 Å². The van der Waals surface area contributed by atoms with Gasteiger partial charge in [0.05, 0.1) is 0 Å². The number of unbranched alkanes of at least 4 members (excludes halogenated alkanes) is 2. The van der Waals surface area contributed by atoms with Crippen molar-refractivity contribution < 1.29 is 4.74 Å². The van der Waals surface area contributed by atoms with Gasteiger partial charge >= 0.3 is 125 Å². The van der Waals surface area contributed by atoms with Crippen LogP contribution >= 0.6 is 0 Å². The Hall–Kier alpha value is 0.339. The second-order valence-electron chi connectivity index (χ2n) is 5.22. The second-order valence-corrected chi connectivity index (χ2v) is 10.6. The third-order valence-electron chi connectivity index (χ3n) is 3.47. The molecule has 2 radical (unpaired) electrons. The van der Waals surface area contributed by atoms with E-state index in [1.54, 1.807) is 0 Å². The van der Waals surface area contributed by atoms with Gasteiger partial charge in [0, 0.05) is 0 Å². The van der Waals surface area contributed by atoms with Gasteiger partial charge in [-0.1, -0.05) is 0 Å². The van der Waals surface area contributed by atoms with E-state index in [1.165, 1.54) is 55.1 Å². The third-order valence-corrected chi connectivity index (χ3v) is 8.33. The van der Waals surface area contributed by atoms with E-state index in [-0.39, 0.29) is 0 Å². The van der Waals surface area contributed by atoms with Crippen molar-refractivity contribution in [3.8, 4) is 0 Å². The zero-order valence-electron chi connectivity index (χ0n) is 13.0. The molecular formula is C16H32OSn. The molecule has 2 heteroatoms. The standard InChI is InChI=1S/C12H25.C4H7O.Sn/c1-4-7-10-12(9-6-3)11-8-5-2;1-3-5-4-2;/h4-11H2,1-3H3;1,4H2,2H3;. The summed E-state index contributed by atoms with van der Waals surface area (Å²) in [5.74, 6) is 0. The normalized spacial score (nSPS) is 11.6. The summed E-state index contributed by atoms with van der Waals surface area (Å²) < 4.78 is 7.47. The van der Waals surface area contributed by atoms with Crippen LogP contribution in [0.1, 0.15) is 79.1 Å². The molecule has 0 amide bonds. The minimum absolute atomic E-state index is 0.621. The Morgan fingerprint density at radius 1 is 0.944 bits per heavy atom. The Labute approximate surface area is 125 Å². The summed E-state index contributed by atoms with van der Waals surface area (Å²) in [5, 5.41) is 0. The molecule has 0 bridgehead atoms. The molecule has 0 aliphatic heterocycles.